The number of ether oxygens (including phenoxy) is 2. The van der Waals surface area contributed by atoms with Gasteiger partial charge >= 0.3 is 6.18 Å². The van der Waals surface area contributed by atoms with E-state index in [1.165, 1.54) is 0 Å². The SMILES string of the molecule is CNC(COCC(F)(F)F)c1ccccc1OC(C)C. The van der Waals surface area contributed by atoms with E-state index in [1.807, 2.05) is 32.0 Å². The maximum atomic E-state index is 12.1. The Bertz CT molecular complexity index is 408. The normalized spacial score (nSPS) is 13.6. The topological polar surface area (TPSA) is 30.5 Å². The Morgan fingerprint density at radius 2 is 1.85 bits per heavy atom. The molecule has 0 saturated carbocycles. The van der Waals surface area contributed by atoms with E-state index in [2.05, 4.69) is 5.32 Å². The lowest BCUT2D eigenvalue weighted by Crippen LogP contribution is -2.26. The van der Waals surface area contributed by atoms with Crippen molar-refractivity contribution in [3.05, 3.63) is 29.8 Å². The van der Waals surface area contributed by atoms with Crippen LogP contribution in [0.3, 0.4) is 0 Å². The van der Waals surface area contributed by atoms with Crippen molar-refractivity contribution in [1.29, 1.82) is 0 Å². The fourth-order valence-electron chi connectivity index (χ4n) is 1.75. The molecule has 20 heavy (non-hydrogen) atoms. The first-order chi connectivity index (χ1) is 9.33. The second kappa shape index (κ2) is 7.50. The molecule has 0 fully saturated rings. The van der Waals surface area contributed by atoms with E-state index < -0.39 is 12.8 Å². The lowest BCUT2D eigenvalue weighted by Gasteiger charge is -2.21. The predicted octanol–water partition coefficient (Wildman–Crippen LogP) is 3.31. The molecule has 1 rings (SSSR count). The van der Waals surface area contributed by atoms with Crippen LogP contribution in [-0.4, -0.2) is 32.5 Å². The van der Waals surface area contributed by atoms with Crippen LogP contribution >= 0.6 is 0 Å². The summed E-state index contributed by atoms with van der Waals surface area (Å²) in [6.45, 7) is 2.46. The van der Waals surface area contributed by atoms with Crippen LogP contribution < -0.4 is 10.1 Å². The zero-order chi connectivity index (χ0) is 15.2. The highest BCUT2D eigenvalue weighted by Crippen LogP contribution is 2.26. The van der Waals surface area contributed by atoms with Crippen molar-refractivity contribution >= 4 is 0 Å². The lowest BCUT2D eigenvalue weighted by molar-refractivity contribution is -0.175. The number of hydrogen-bond donors (Lipinski definition) is 1. The van der Waals surface area contributed by atoms with Crippen LogP contribution in [0.1, 0.15) is 25.5 Å². The van der Waals surface area contributed by atoms with Gasteiger partial charge in [0.05, 0.1) is 18.8 Å². The predicted molar refractivity (Wildman–Crippen MR) is 70.9 cm³/mol. The van der Waals surface area contributed by atoms with E-state index in [0.717, 1.165) is 5.56 Å². The summed E-state index contributed by atoms with van der Waals surface area (Å²) in [5.74, 6) is 0.650. The summed E-state index contributed by atoms with van der Waals surface area (Å²) in [4.78, 5) is 0. The van der Waals surface area contributed by atoms with Gasteiger partial charge in [0.1, 0.15) is 12.4 Å². The van der Waals surface area contributed by atoms with Gasteiger partial charge < -0.3 is 14.8 Å². The summed E-state index contributed by atoms with van der Waals surface area (Å²) in [6.07, 6.45) is -4.32. The molecule has 1 aromatic rings. The minimum absolute atomic E-state index is 0.00949. The Labute approximate surface area is 117 Å². The van der Waals surface area contributed by atoms with Crippen LogP contribution in [0.4, 0.5) is 13.2 Å². The highest BCUT2D eigenvalue weighted by molar-refractivity contribution is 5.36. The Balaban J connectivity index is 2.74. The van der Waals surface area contributed by atoms with Gasteiger partial charge in [-0.25, -0.2) is 0 Å². The van der Waals surface area contributed by atoms with E-state index in [0.29, 0.717) is 5.75 Å². The van der Waals surface area contributed by atoms with Gasteiger partial charge in [-0.05, 0) is 27.0 Å². The maximum absolute atomic E-state index is 12.1. The second-order valence-electron chi connectivity index (χ2n) is 4.68. The van der Waals surface area contributed by atoms with Gasteiger partial charge in [-0.1, -0.05) is 18.2 Å². The minimum atomic E-state index is -4.31. The molecular weight excluding hydrogens is 271 g/mol. The monoisotopic (exact) mass is 291 g/mol. The fourth-order valence-corrected chi connectivity index (χ4v) is 1.75. The molecule has 0 heterocycles. The van der Waals surface area contributed by atoms with Gasteiger partial charge in [0.2, 0.25) is 0 Å². The summed E-state index contributed by atoms with van der Waals surface area (Å²) in [5.41, 5.74) is 0.783. The van der Waals surface area contributed by atoms with Gasteiger partial charge in [-0.2, -0.15) is 13.2 Å². The number of halogens is 3. The molecule has 1 aromatic carbocycles. The Morgan fingerprint density at radius 3 is 2.40 bits per heavy atom. The largest absolute Gasteiger partial charge is 0.491 e. The Morgan fingerprint density at radius 1 is 1.20 bits per heavy atom. The minimum Gasteiger partial charge on any atom is -0.491 e. The summed E-state index contributed by atoms with van der Waals surface area (Å²) >= 11 is 0. The molecule has 0 radical (unpaired) electrons. The summed E-state index contributed by atoms with van der Waals surface area (Å²) in [7, 11) is 1.67. The standard InChI is InChI=1S/C14H20F3NO2/c1-10(2)20-13-7-5-4-6-11(13)12(18-3)8-19-9-14(15,16)17/h4-7,10,12,18H,8-9H2,1-3H3. The van der Waals surface area contributed by atoms with Crippen molar-refractivity contribution in [3.63, 3.8) is 0 Å². The van der Waals surface area contributed by atoms with Crippen molar-refractivity contribution in [2.45, 2.75) is 32.2 Å². The van der Waals surface area contributed by atoms with Gasteiger partial charge in [0, 0.05) is 5.56 Å². The fraction of sp³-hybridized carbons (Fsp3) is 0.571. The van der Waals surface area contributed by atoms with Crippen LogP contribution in [0.25, 0.3) is 0 Å². The van der Waals surface area contributed by atoms with E-state index in [-0.39, 0.29) is 18.8 Å². The summed E-state index contributed by atoms with van der Waals surface area (Å²) in [5, 5.41) is 2.95. The number of nitrogens with one attached hydrogen (secondary N) is 1. The van der Waals surface area contributed by atoms with Crippen molar-refractivity contribution in [1.82, 2.24) is 5.32 Å². The molecule has 0 aromatic heterocycles. The summed E-state index contributed by atoms with van der Waals surface area (Å²) in [6, 6.07) is 6.90. The third-order valence-electron chi connectivity index (χ3n) is 2.56. The second-order valence-corrected chi connectivity index (χ2v) is 4.68. The lowest BCUT2D eigenvalue weighted by atomic mass is 10.1. The Kier molecular flexibility index (Phi) is 6.29. The third-order valence-corrected chi connectivity index (χ3v) is 2.56. The average molecular weight is 291 g/mol. The molecule has 1 atom stereocenters. The van der Waals surface area contributed by atoms with Gasteiger partial charge in [0.15, 0.2) is 0 Å². The zero-order valence-corrected chi connectivity index (χ0v) is 11.8. The van der Waals surface area contributed by atoms with Gasteiger partial charge in [0.25, 0.3) is 0 Å². The third kappa shape index (κ3) is 5.79. The number of alkyl halides is 3. The molecule has 0 bridgehead atoms. The van der Waals surface area contributed by atoms with E-state index in [9.17, 15) is 13.2 Å². The molecule has 0 amide bonds. The maximum Gasteiger partial charge on any atom is 0.411 e. The molecule has 0 aliphatic rings. The van der Waals surface area contributed by atoms with Crippen molar-refractivity contribution in [3.8, 4) is 5.75 Å². The van der Waals surface area contributed by atoms with Crippen molar-refractivity contribution < 1.29 is 22.6 Å². The van der Waals surface area contributed by atoms with Gasteiger partial charge in [-0.15, -0.1) is 0 Å². The molecule has 6 heteroatoms. The first kappa shape index (κ1) is 16.8. The quantitative estimate of drug-likeness (QED) is 0.836. The van der Waals surface area contributed by atoms with E-state index >= 15 is 0 Å². The zero-order valence-electron chi connectivity index (χ0n) is 11.8. The highest BCUT2D eigenvalue weighted by atomic mass is 19.4. The number of rotatable bonds is 7. The molecule has 114 valence electrons. The molecule has 1 unspecified atom stereocenters. The molecule has 0 aliphatic heterocycles. The average Bonchev–Trinajstić information content (AvgIpc) is 2.34. The highest BCUT2D eigenvalue weighted by Gasteiger charge is 2.28. The molecule has 0 aliphatic carbocycles. The first-order valence-corrected chi connectivity index (χ1v) is 6.41. The van der Waals surface area contributed by atoms with Crippen molar-refractivity contribution in [2.24, 2.45) is 0 Å². The van der Waals surface area contributed by atoms with Gasteiger partial charge in [-0.3, -0.25) is 0 Å². The van der Waals surface area contributed by atoms with Crippen LogP contribution in [0.15, 0.2) is 24.3 Å². The summed E-state index contributed by atoms with van der Waals surface area (Å²) < 4.78 is 46.7. The molecule has 0 spiro atoms. The van der Waals surface area contributed by atoms with Crippen LogP contribution in [-0.2, 0) is 4.74 Å². The van der Waals surface area contributed by atoms with Crippen LogP contribution in [0.5, 0.6) is 5.75 Å². The van der Waals surface area contributed by atoms with E-state index in [1.54, 1.807) is 13.1 Å². The number of benzene rings is 1. The molecular formula is C14H20F3NO2. The first-order valence-electron chi connectivity index (χ1n) is 6.41. The van der Waals surface area contributed by atoms with Crippen molar-refractivity contribution in [2.75, 3.05) is 20.3 Å². The molecule has 0 saturated heterocycles. The number of likely N-dealkylation sites (N-methyl/N-ethyl adjacent to an activating group) is 1. The molecule has 3 nitrogen and oxygen atoms in total. The van der Waals surface area contributed by atoms with E-state index in [4.69, 9.17) is 9.47 Å². The molecule has 1 N–H and O–H groups in total. The van der Waals surface area contributed by atoms with Crippen LogP contribution in [0.2, 0.25) is 0 Å². The smallest absolute Gasteiger partial charge is 0.411 e. The van der Waals surface area contributed by atoms with Crippen LogP contribution in [0, 0.1) is 0 Å². The number of hydrogen-bond acceptors (Lipinski definition) is 3. The Hall–Kier alpha value is -1.27. The number of para-hydroxylation sites is 1.